The van der Waals surface area contributed by atoms with Gasteiger partial charge in [0.2, 0.25) is 31.6 Å². The van der Waals surface area contributed by atoms with Crippen molar-refractivity contribution in [2.75, 3.05) is 78.5 Å². The lowest BCUT2D eigenvalue weighted by molar-refractivity contribution is 0.102. The Labute approximate surface area is 380 Å². The van der Waals surface area contributed by atoms with Crippen molar-refractivity contribution in [2.24, 2.45) is 0 Å². The molecule has 2 aliphatic rings. The fourth-order valence-corrected chi connectivity index (χ4v) is 9.37. The molecule has 2 aliphatic heterocycles. The van der Waals surface area contributed by atoms with Gasteiger partial charge in [-0.2, -0.15) is 0 Å². The average Bonchev–Trinajstić information content (AvgIpc) is 3.91. The van der Waals surface area contributed by atoms with Crippen LogP contribution in [-0.2, 0) is 29.5 Å². The number of carbonyl (C=O) groups excluding carboxylic acids is 2. The minimum absolute atomic E-state index is 0.0187. The van der Waals surface area contributed by atoms with Crippen LogP contribution in [0.25, 0.3) is 22.1 Å². The Morgan fingerprint density at radius 2 is 1.17 bits per heavy atom. The number of ether oxygens (including phenoxy) is 2. The Morgan fingerprint density at radius 1 is 0.708 bits per heavy atom. The van der Waals surface area contributed by atoms with Crippen LogP contribution in [0.4, 0.5) is 34.6 Å². The second kappa shape index (κ2) is 21.7. The number of rotatable bonds is 13. The molecule has 2 saturated heterocycles. The van der Waals surface area contributed by atoms with Crippen LogP contribution in [0, 0.1) is 23.3 Å². The van der Waals surface area contributed by atoms with E-state index in [-0.39, 0.29) is 22.6 Å². The van der Waals surface area contributed by atoms with Crippen LogP contribution >= 0.6 is 15.9 Å². The fraction of sp³-hybridized carbons (Fsp3) is 0.333. The second-order valence-electron chi connectivity index (χ2n) is 14.6. The predicted molar refractivity (Wildman–Crippen MR) is 242 cm³/mol. The van der Waals surface area contributed by atoms with Gasteiger partial charge in [0, 0.05) is 71.1 Å². The van der Waals surface area contributed by atoms with Gasteiger partial charge >= 0.3 is 0 Å². The van der Waals surface area contributed by atoms with E-state index in [0.29, 0.717) is 65.7 Å². The number of benzene rings is 2. The zero-order valence-corrected chi connectivity index (χ0v) is 38.3. The van der Waals surface area contributed by atoms with Gasteiger partial charge in [-0.15, -0.1) is 0 Å². The van der Waals surface area contributed by atoms with Crippen LogP contribution in [-0.4, -0.2) is 112 Å². The van der Waals surface area contributed by atoms with Gasteiger partial charge in [0.25, 0.3) is 0 Å². The molecule has 0 spiro atoms. The monoisotopic (exact) mass is 1010 g/mol. The highest BCUT2D eigenvalue weighted by molar-refractivity contribution is 9.10. The molecule has 0 saturated carbocycles. The highest BCUT2D eigenvalue weighted by Gasteiger charge is 2.28. The van der Waals surface area contributed by atoms with Gasteiger partial charge in [0.1, 0.15) is 22.9 Å². The number of sulfonamides is 2. The minimum Gasteiger partial charge on any atom is -0.379 e. The van der Waals surface area contributed by atoms with Crippen LogP contribution in [0.1, 0.15) is 58.5 Å². The lowest BCUT2D eigenvalue weighted by Gasteiger charge is -2.28. The normalized spacial score (nSPS) is 14.3. The third kappa shape index (κ3) is 12.1. The number of nitrogens with zero attached hydrogens (tertiary/aromatic N) is 3. The van der Waals surface area contributed by atoms with Gasteiger partial charge in [0.15, 0.2) is 11.6 Å². The number of halogens is 5. The maximum absolute atomic E-state index is 15.1. The van der Waals surface area contributed by atoms with Crippen molar-refractivity contribution < 1.29 is 53.5 Å². The lowest BCUT2D eigenvalue weighted by Crippen LogP contribution is -2.36. The zero-order valence-electron chi connectivity index (χ0n) is 35.1. The van der Waals surface area contributed by atoms with Gasteiger partial charge in [0.05, 0.1) is 72.3 Å². The molecule has 6 aromatic rings. The van der Waals surface area contributed by atoms with Crippen LogP contribution in [0.3, 0.4) is 0 Å². The first-order valence-electron chi connectivity index (χ1n) is 20.3. The van der Waals surface area contributed by atoms with E-state index in [9.17, 15) is 39.6 Å². The number of pyridine rings is 2. The third-order valence-electron chi connectivity index (χ3n) is 9.84. The number of carbonyl (C=O) groups is 2. The Kier molecular flexibility index (Phi) is 16.3. The molecule has 8 rings (SSSR count). The smallest absolute Gasteiger partial charge is 0.232 e. The maximum Gasteiger partial charge on any atom is 0.232 e. The molecule has 0 amide bonds. The van der Waals surface area contributed by atoms with Gasteiger partial charge in [-0.3, -0.25) is 19.0 Å². The molecule has 5 N–H and O–H groups in total. The molecular weight excluding hydrogens is 965 g/mol. The first-order valence-corrected chi connectivity index (χ1v) is 24.4. The molecule has 0 unspecified atom stereocenters. The molecule has 65 heavy (non-hydrogen) atoms. The van der Waals surface area contributed by atoms with Gasteiger partial charge in [-0.1, -0.05) is 13.8 Å². The van der Waals surface area contributed by atoms with Gasteiger partial charge < -0.3 is 29.7 Å². The van der Waals surface area contributed by atoms with E-state index in [1.165, 1.54) is 18.6 Å². The third-order valence-corrected chi connectivity index (χ3v) is 13.2. The summed E-state index contributed by atoms with van der Waals surface area (Å²) in [6.07, 6.45) is 6.45. The van der Waals surface area contributed by atoms with Crippen molar-refractivity contribution in [1.29, 1.82) is 0 Å². The molecule has 348 valence electrons. The van der Waals surface area contributed by atoms with Crippen molar-refractivity contribution in [1.82, 2.24) is 25.3 Å². The highest BCUT2D eigenvalue weighted by Crippen LogP contribution is 2.31. The van der Waals surface area contributed by atoms with Crippen molar-refractivity contribution in [2.45, 2.75) is 26.7 Å². The van der Waals surface area contributed by atoms with Gasteiger partial charge in [-0.05, 0) is 65.2 Å². The summed E-state index contributed by atoms with van der Waals surface area (Å²) in [5, 5.41) is 3.95. The first kappa shape index (κ1) is 49.0. The summed E-state index contributed by atoms with van der Waals surface area (Å²) in [5.41, 5.74) is -1.04. The molecule has 0 bridgehead atoms. The zero-order chi connectivity index (χ0) is 46.9. The molecule has 23 heteroatoms. The van der Waals surface area contributed by atoms with Crippen LogP contribution in [0.15, 0.2) is 65.7 Å². The molecule has 0 radical (unpaired) electrons. The highest BCUT2D eigenvalue weighted by atomic mass is 79.9. The minimum atomic E-state index is -3.82. The van der Waals surface area contributed by atoms with Crippen LogP contribution in [0.2, 0.25) is 0 Å². The number of H-pyrrole nitrogens is 2. The van der Waals surface area contributed by atoms with E-state index < -0.39 is 77.4 Å². The summed E-state index contributed by atoms with van der Waals surface area (Å²) >= 11 is 3.23. The number of aromatic nitrogens is 4. The summed E-state index contributed by atoms with van der Waals surface area (Å²) < 4.78 is 122. The van der Waals surface area contributed by atoms with Crippen molar-refractivity contribution >= 4 is 86.7 Å². The molecule has 0 atom stereocenters. The van der Waals surface area contributed by atoms with Crippen molar-refractivity contribution in [3.8, 4) is 0 Å². The largest absolute Gasteiger partial charge is 0.379 e. The van der Waals surface area contributed by atoms with E-state index in [1.54, 1.807) is 32.2 Å². The van der Waals surface area contributed by atoms with E-state index in [1.807, 2.05) is 4.90 Å². The number of nitrogens with one attached hydrogen (secondary N) is 5. The quantitative estimate of drug-likeness (QED) is 0.0607. The number of hydrogen-bond acceptors (Lipinski definition) is 12. The number of morpholine rings is 2. The molecule has 16 nitrogen and oxygen atoms in total. The van der Waals surface area contributed by atoms with E-state index in [0.717, 1.165) is 56.3 Å². The predicted octanol–water partition coefficient (Wildman–Crippen LogP) is 6.65. The Hall–Kier alpha value is -5.46. The standard InChI is InChI=1S/C21H22F2N4O4S.C17H14BrF2N3O3S.C4H9NO/c1-2-9-32(29,30)26-17-4-3-16(22)18(19(17)23)20(28)15-12-25-21-14(15)10-13(11-24-21)27-5-7-31-8-6-27;1-2-5-27(25,26)23-13-4-3-12(19)14(15(13)20)16(24)11-8-22-17-10(11)6-9(18)7-21-17;1-3-6-4-2-5-1/h3-4,10-12,26H,2,5-9H2,1H3,(H,24,25);3-4,6-8,23H,2,5H2,1H3,(H,21,22);5H,1-4H2. The Bertz CT molecular complexity index is 2900. The first-order chi connectivity index (χ1) is 31.0. The molecule has 4 aromatic heterocycles. The second-order valence-corrected chi connectivity index (χ2v) is 19.2. The number of ketones is 2. The van der Waals surface area contributed by atoms with Crippen LogP contribution in [0.5, 0.6) is 0 Å². The van der Waals surface area contributed by atoms with Crippen molar-refractivity contribution in [3.05, 3.63) is 111 Å². The Balaban J connectivity index is 0.000000193. The summed E-state index contributed by atoms with van der Waals surface area (Å²) in [7, 11) is -7.63. The van der Waals surface area contributed by atoms with Gasteiger partial charge in [-0.25, -0.2) is 44.4 Å². The lowest BCUT2D eigenvalue weighted by atomic mass is 10.0. The summed E-state index contributed by atoms with van der Waals surface area (Å²) in [6, 6.07) is 6.95. The molecule has 2 fully saturated rings. The number of aromatic amines is 2. The topological polar surface area (TPSA) is 218 Å². The SMILES string of the molecule is C1COCCN1.CCCS(=O)(=O)Nc1ccc(F)c(C(=O)c2c[nH]c3ncc(Br)cc23)c1F.CCCS(=O)(=O)Nc1ccc(F)c(C(=O)c2c[nH]c3ncc(N4CCOCC4)cc23)c1F. The molecule has 2 aromatic carbocycles. The number of anilines is 3. The van der Waals surface area contributed by atoms with Crippen molar-refractivity contribution in [3.63, 3.8) is 0 Å². The average molecular weight is 1010 g/mol. The van der Waals surface area contributed by atoms with E-state index in [2.05, 4.69) is 50.6 Å². The number of fused-ring (bicyclic) bond motifs is 2. The fourth-order valence-electron chi connectivity index (χ4n) is 6.78. The summed E-state index contributed by atoms with van der Waals surface area (Å²) in [6.45, 7) is 9.58. The molecular formula is C42H45BrF4N8O8S2. The summed E-state index contributed by atoms with van der Waals surface area (Å²) in [4.78, 5) is 42.0. The van der Waals surface area contributed by atoms with E-state index >= 15 is 4.39 Å². The molecule has 0 aliphatic carbocycles. The summed E-state index contributed by atoms with van der Waals surface area (Å²) in [5.74, 6) is -7.00. The molecule has 6 heterocycles. The maximum atomic E-state index is 15.1. The Morgan fingerprint density at radius 3 is 1.62 bits per heavy atom. The number of hydrogen-bond donors (Lipinski definition) is 5. The van der Waals surface area contributed by atoms with E-state index in [4.69, 9.17) is 9.47 Å². The van der Waals surface area contributed by atoms with Crippen LogP contribution < -0.4 is 19.7 Å².